The molecule has 0 saturated heterocycles. The summed E-state index contributed by atoms with van der Waals surface area (Å²) in [6.07, 6.45) is 0.403. The van der Waals surface area contributed by atoms with E-state index in [4.69, 9.17) is 9.84 Å². The van der Waals surface area contributed by atoms with Crippen LogP contribution in [0.15, 0.2) is 0 Å². The molecule has 1 amide bonds. The van der Waals surface area contributed by atoms with Crippen LogP contribution in [-0.4, -0.2) is 48.0 Å². The van der Waals surface area contributed by atoms with Crippen molar-refractivity contribution in [1.82, 2.24) is 5.32 Å². The molecule has 6 nitrogen and oxygen atoms in total. The van der Waals surface area contributed by atoms with Gasteiger partial charge in [-0.3, -0.25) is 9.59 Å². The second-order valence-electron chi connectivity index (χ2n) is 6.07. The minimum Gasteiger partial charge on any atom is -0.481 e. The highest BCUT2D eigenvalue weighted by Gasteiger charge is 2.65. The number of hydrogen-bond acceptors (Lipinski definition) is 4. The molecule has 3 N–H and O–H groups in total. The monoisotopic (exact) mass is 273 g/mol. The Bertz CT molecular complexity index is 364. The molecule has 1 rings (SSSR count). The molecule has 0 bridgehead atoms. The summed E-state index contributed by atoms with van der Waals surface area (Å²) in [4.78, 5) is 22.9. The second-order valence-corrected chi connectivity index (χ2v) is 6.07. The predicted molar refractivity (Wildman–Crippen MR) is 68.5 cm³/mol. The SMILES string of the molecule is COCCC(C)(O)CNC(=O)[C@H]1[C@@H](C(=O)O)C1(C)C. The van der Waals surface area contributed by atoms with Gasteiger partial charge in [-0.1, -0.05) is 13.8 Å². The lowest BCUT2D eigenvalue weighted by atomic mass is 10.0. The van der Waals surface area contributed by atoms with Gasteiger partial charge < -0.3 is 20.3 Å². The molecule has 110 valence electrons. The van der Waals surface area contributed by atoms with Gasteiger partial charge in [-0.05, 0) is 12.3 Å². The number of rotatable bonds is 7. The molecule has 1 aliphatic carbocycles. The largest absolute Gasteiger partial charge is 0.481 e. The minimum absolute atomic E-state index is 0.0914. The molecular formula is C13H23NO5. The highest BCUT2D eigenvalue weighted by molar-refractivity contribution is 5.91. The first-order chi connectivity index (χ1) is 8.63. The summed E-state index contributed by atoms with van der Waals surface area (Å²) >= 11 is 0. The van der Waals surface area contributed by atoms with E-state index in [0.717, 1.165) is 0 Å². The first-order valence-electron chi connectivity index (χ1n) is 6.35. The van der Waals surface area contributed by atoms with Crippen LogP contribution in [0, 0.1) is 17.3 Å². The van der Waals surface area contributed by atoms with E-state index in [0.29, 0.717) is 13.0 Å². The average molecular weight is 273 g/mol. The number of ether oxygens (including phenoxy) is 1. The van der Waals surface area contributed by atoms with Crippen LogP contribution < -0.4 is 5.32 Å². The van der Waals surface area contributed by atoms with E-state index in [9.17, 15) is 14.7 Å². The standard InChI is InChI=1S/C13H23NO5/c1-12(2)8(9(12)11(16)17)10(15)14-7-13(3,18)5-6-19-4/h8-9,18H,5-7H2,1-4H3,(H,14,15)(H,16,17)/t8-,9+,13?/m1/s1. The van der Waals surface area contributed by atoms with Gasteiger partial charge >= 0.3 is 5.97 Å². The van der Waals surface area contributed by atoms with E-state index in [1.54, 1.807) is 27.9 Å². The van der Waals surface area contributed by atoms with Gasteiger partial charge in [-0.15, -0.1) is 0 Å². The molecular weight excluding hydrogens is 250 g/mol. The zero-order valence-corrected chi connectivity index (χ0v) is 11.9. The first-order valence-corrected chi connectivity index (χ1v) is 6.35. The number of aliphatic hydroxyl groups is 1. The zero-order chi connectivity index (χ0) is 14.8. The van der Waals surface area contributed by atoms with Gasteiger partial charge in [0.2, 0.25) is 5.91 Å². The van der Waals surface area contributed by atoms with Crippen LogP contribution in [0.1, 0.15) is 27.2 Å². The van der Waals surface area contributed by atoms with Crippen molar-refractivity contribution in [3.05, 3.63) is 0 Å². The second kappa shape index (κ2) is 5.46. The minimum atomic E-state index is -1.05. The van der Waals surface area contributed by atoms with E-state index in [1.807, 2.05) is 0 Å². The quantitative estimate of drug-likeness (QED) is 0.618. The van der Waals surface area contributed by atoms with Gasteiger partial charge in [0.25, 0.3) is 0 Å². The molecule has 1 unspecified atom stereocenters. The lowest BCUT2D eigenvalue weighted by Crippen LogP contribution is -2.42. The Morgan fingerprint density at radius 3 is 2.37 bits per heavy atom. The van der Waals surface area contributed by atoms with E-state index >= 15 is 0 Å². The summed E-state index contributed by atoms with van der Waals surface area (Å²) in [6, 6.07) is 0. The van der Waals surface area contributed by atoms with Crippen molar-refractivity contribution in [1.29, 1.82) is 0 Å². The number of aliphatic carboxylic acids is 1. The number of carboxylic acids is 1. The third kappa shape index (κ3) is 3.67. The normalized spacial score (nSPS) is 27.4. The van der Waals surface area contributed by atoms with Crippen molar-refractivity contribution in [3.63, 3.8) is 0 Å². The summed E-state index contributed by atoms with van der Waals surface area (Å²) < 4.78 is 4.88. The van der Waals surface area contributed by atoms with Crippen molar-refractivity contribution in [3.8, 4) is 0 Å². The fourth-order valence-electron chi connectivity index (χ4n) is 2.39. The number of nitrogens with one attached hydrogen (secondary N) is 1. The number of methoxy groups -OCH3 is 1. The van der Waals surface area contributed by atoms with E-state index in [1.165, 1.54) is 0 Å². The summed E-state index contributed by atoms with van der Waals surface area (Å²) in [6.45, 7) is 5.63. The molecule has 3 atom stereocenters. The number of carbonyl (C=O) groups is 2. The number of hydrogen-bond donors (Lipinski definition) is 3. The van der Waals surface area contributed by atoms with Crippen molar-refractivity contribution < 1.29 is 24.5 Å². The molecule has 1 fully saturated rings. The molecule has 1 aliphatic rings. The molecule has 0 radical (unpaired) electrons. The van der Waals surface area contributed by atoms with Crippen LogP contribution in [0.25, 0.3) is 0 Å². The Kier molecular flexibility index (Phi) is 4.58. The van der Waals surface area contributed by atoms with Crippen LogP contribution in [-0.2, 0) is 14.3 Å². The van der Waals surface area contributed by atoms with Gasteiger partial charge in [0, 0.05) is 26.7 Å². The van der Waals surface area contributed by atoms with Crippen LogP contribution in [0.2, 0.25) is 0 Å². The van der Waals surface area contributed by atoms with Crippen molar-refractivity contribution in [2.75, 3.05) is 20.3 Å². The molecule has 0 aromatic rings. The van der Waals surface area contributed by atoms with Crippen molar-refractivity contribution >= 4 is 11.9 Å². The lowest BCUT2D eigenvalue weighted by molar-refractivity contribution is -0.140. The van der Waals surface area contributed by atoms with E-state index < -0.39 is 28.8 Å². The maximum atomic E-state index is 11.9. The summed E-state index contributed by atoms with van der Waals surface area (Å²) in [5.74, 6) is -2.42. The predicted octanol–water partition coefficient (Wildman–Crippen LogP) is 0.247. The molecule has 6 heteroatoms. The molecule has 19 heavy (non-hydrogen) atoms. The smallest absolute Gasteiger partial charge is 0.307 e. The number of amides is 1. The lowest BCUT2D eigenvalue weighted by Gasteiger charge is -2.23. The van der Waals surface area contributed by atoms with Gasteiger partial charge in [0.15, 0.2) is 0 Å². The van der Waals surface area contributed by atoms with Crippen molar-refractivity contribution in [2.45, 2.75) is 32.8 Å². The molecule has 0 spiro atoms. The molecule has 1 saturated carbocycles. The Morgan fingerprint density at radius 2 is 1.95 bits per heavy atom. The highest BCUT2D eigenvalue weighted by Crippen LogP contribution is 2.58. The maximum absolute atomic E-state index is 11.9. The molecule has 0 aromatic carbocycles. The fourth-order valence-corrected chi connectivity index (χ4v) is 2.39. The molecule has 0 aromatic heterocycles. The Morgan fingerprint density at radius 1 is 1.37 bits per heavy atom. The van der Waals surface area contributed by atoms with Gasteiger partial charge in [-0.25, -0.2) is 0 Å². The Labute approximate surface area is 113 Å². The summed E-state index contributed by atoms with van der Waals surface area (Å²) in [5, 5.41) is 21.6. The van der Waals surface area contributed by atoms with Crippen molar-refractivity contribution in [2.24, 2.45) is 17.3 Å². The third-order valence-electron chi connectivity index (χ3n) is 3.86. The van der Waals surface area contributed by atoms with Gasteiger partial charge in [-0.2, -0.15) is 0 Å². The van der Waals surface area contributed by atoms with Crippen LogP contribution >= 0.6 is 0 Å². The number of carbonyl (C=O) groups excluding carboxylic acids is 1. The Hall–Kier alpha value is -1.14. The highest BCUT2D eigenvalue weighted by atomic mass is 16.5. The average Bonchev–Trinajstić information content (AvgIpc) is 2.87. The van der Waals surface area contributed by atoms with Crippen LogP contribution in [0.3, 0.4) is 0 Å². The van der Waals surface area contributed by atoms with Crippen LogP contribution in [0.5, 0.6) is 0 Å². The number of carboxylic acid groups (broad SMARTS) is 1. The van der Waals surface area contributed by atoms with E-state index in [2.05, 4.69) is 5.32 Å². The molecule has 0 heterocycles. The fraction of sp³-hybridized carbons (Fsp3) is 0.846. The van der Waals surface area contributed by atoms with Gasteiger partial charge in [0.1, 0.15) is 0 Å². The Balaban J connectivity index is 2.47. The topological polar surface area (TPSA) is 95.9 Å². The third-order valence-corrected chi connectivity index (χ3v) is 3.86. The zero-order valence-electron chi connectivity index (χ0n) is 11.9. The summed E-state index contributed by atoms with van der Waals surface area (Å²) in [5.41, 5.74) is -1.57. The maximum Gasteiger partial charge on any atom is 0.307 e. The first kappa shape index (κ1) is 15.9. The van der Waals surface area contributed by atoms with Crippen LogP contribution in [0.4, 0.5) is 0 Å². The summed E-state index contributed by atoms with van der Waals surface area (Å²) in [7, 11) is 1.54. The molecule has 0 aliphatic heterocycles. The van der Waals surface area contributed by atoms with Gasteiger partial charge in [0.05, 0.1) is 17.4 Å². The van der Waals surface area contributed by atoms with E-state index in [-0.39, 0.29) is 12.5 Å².